The van der Waals surface area contributed by atoms with Gasteiger partial charge in [0, 0.05) is 11.3 Å². The van der Waals surface area contributed by atoms with E-state index in [1.165, 1.54) is 0 Å². The van der Waals surface area contributed by atoms with Gasteiger partial charge in [0.15, 0.2) is 6.23 Å². The number of rotatable bonds is 2. The van der Waals surface area contributed by atoms with Crippen LogP contribution >= 0.6 is 0 Å². The number of carbonyl (C=O) groups excluding carboxylic acids is 1. The quantitative estimate of drug-likeness (QED) is 0.498. The summed E-state index contributed by atoms with van der Waals surface area (Å²) in [6, 6.07) is 16.9. The lowest BCUT2D eigenvalue weighted by Crippen LogP contribution is -2.12. The van der Waals surface area contributed by atoms with E-state index < -0.39 is 6.23 Å². The molecule has 0 aromatic heterocycles. The van der Waals surface area contributed by atoms with Crippen LogP contribution in [0.1, 0.15) is 17.4 Å². The Morgan fingerprint density at radius 1 is 1.05 bits per heavy atom. The van der Waals surface area contributed by atoms with Crippen molar-refractivity contribution in [1.29, 1.82) is 0 Å². The van der Waals surface area contributed by atoms with Crippen LogP contribution in [0.15, 0.2) is 60.3 Å². The molecule has 1 fully saturated rings. The molecule has 4 heteroatoms. The third-order valence-corrected chi connectivity index (χ3v) is 3.08. The second kappa shape index (κ2) is 5.09. The molecule has 1 saturated heterocycles. The molecule has 1 unspecified atom stereocenters. The van der Waals surface area contributed by atoms with Gasteiger partial charge in [0.25, 0.3) is 0 Å². The molecule has 3 rings (SSSR count). The topological polar surface area (TPSA) is 64.3 Å². The molecular weight excluding hydrogens is 252 g/mol. The zero-order valence-electron chi connectivity index (χ0n) is 10.7. The summed E-state index contributed by atoms with van der Waals surface area (Å²) >= 11 is 0. The van der Waals surface area contributed by atoms with Crippen LogP contribution in [0.4, 0.5) is 5.69 Å². The Morgan fingerprint density at radius 2 is 1.75 bits per heavy atom. The Hall–Kier alpha value is -2.75. The molecule has 1 atom stereocenters. The van der Waals surface area contributed by atoms with Gasteiger partial charge in [-0.05, 0) is 23.8 Å². The first kappa shape index (κ1) is 12.3. The number of nitrogens with two attached hydrogens (primary N) is 1. The van der Waals surface area contributed by atoms with Crippen molar-refractivity contribution in [3.05, 3.63) is 71.4 Å². The average molecular weight is 266 g/mol. The van der Waals surface area contributed by atoms with Crippen molar-refractivity contribution in [1.82, 2.24) is 5.32 Å². The van der Waals surface area contributed by atoms with Crippen molar-refractivity contribution in [2.24, 2.45) is 0 Å². The fourth-order valence-electron chi connectivity index (χ4n) is 2.04. The molecule has 0 spiro atoms. The van der Waals surface area contributed by atoms with Crippen LogP contribution in [0.3, 0.4) is 0 Å². The smallest absolute Gasteiger partial charge is 0.356 e. The number of nitrogens with one attached hydrogen (secondary N) is 1. The van der Waals surface area contributed by atoms with Gasteiger partial charge in [-0.15, -0.1) is 0 Å². The number of cyclic esters (lactones) is 1. The molecule has 1 aliphatic rings. The Morgan fingerprint density at radius 3 is 2.45 bits per heavy atom. The maximum atomic E-state index is 11.9. The Balaban J connectivity index is 1.82. The van der Waals surface area contributed by atoms with Gasteiger partial charge in [0.2, 0.25) is 0 Å². The standard InChI is InChI=1S/C16H14N2O2/c17-13-8-6-11(7-9-13)10-14-16(19)20-15(18-14)12-4-2-1-3-5-12/h1-10,15,18H,17H2/b14-10-. The van der Waals surface area contributed by atoms with Crippen molar-refractivity contribution in [2.45, 2.75) is 6.23 Å². The van der Waals surface area contributed by atoms with Gasteiger partial charge in [-0.2, -0.15) is 0 Å². The van der Waals surface area contributed by atoms with Crippen molar-refractivity contribution in [3.8, 4) is 0 Å². The van der Waals surface area contributed by atoms with E-state index in [-0.39, 0.29) is 5.97 Å². The number of anilines is 1. The second-order valence-electron chi connectivity index (χ2n) is 4.57. The molecule has 0 saturated carbocycles. The Kier molecular flexibility index (Phi) is 3.13. The molecule has 2 aromatic carbocycles. The largest absolute Gasteiger partial charge is 0.433 e. The minimum atomic E-state index is -0.427. The van der Waals surface area contributed by atoms with Crippen LogP contribution in [0, 0.1) is 0 Å². The summed E-state index contributed by atoms with van der Waals surface area (Å²) in [4.78, 5) is 11.9. The molecule has 20 heavy (non-hydrogen) atoms. The molecule has 0 aliphatic carbocycles. The summed E-state index contributed by atoms with van der Waals surface area (Å²) in [6.07, 6.45) is 1.33. The zero-order valence-corrected chi connectivity index (χ0v) is 10.7. The summed E-state index contributed by atoms with van der Waals surface area (Å²) < 4.78 is 5.31. The first-order valence-electron chi connectivity index (χ1n) is 6.32. The van der Waals surface area contributed by atoms with Gasteiger partial charge < -0.3 is 15.8 Å². The van der Waals surface area contributed by atoms with E-state index in [0.717, 1.165) is 11.1 Å². The normalized spacial score (nSPS) is 19.7. The number of carbonyl (C=O) groups is 1. The summed E-state index contributed by atoms with van der Waals surface area (Å²) in [5.74, 6) is -0.351. The van der Waals surface area contributed by atoms with E-state index in [2.05, 4.69) is 5.32 Å². The highest BCUT2D eigenvalue weighted by Crippen LogP contribution is 2.24. The van der Waals surface area contributed by atoms with Gasteiger partial charge in [0.1, 0.15) is 5.70 Å². The van der Waals surface area contributed by atoms with Crippen LogP contribution in [0.25, 0.3) is 6.08 Å². The molecule has 0 bridgehead atoms. The highest BCUT2D eigenvalue weighted by Gasteiger charge is 2.28. The summed E-state index contributed by atoms with van der Waals surface area (Å²) in [5.41, 5.74) is 8.58. The minimum Gasteiger partial charge on any atom is -0.433 e. The number of benzene rings is 2. The van der Waals surface area contributed by atoms with Crippen LogP contribution in [-0.2, 0) is 9.53 Å². The van der Waals surface area contributed by atoms with Gasteiger partial charge in [-0.3, -0.25) is 0 Å². The lowest BCUT2D eigenvalue weighted by Gasteiger charge is -2.08. The lowest BCUT2D eigenvalue weighted by atomic mass is 10.1. The van der Waals surface area contributed by atoms with E-state index in [1.54, 1.807) is 18.2 Å². The minimum absolute atomic E-state index is 0.351. The number of ether oxygens (including phenoxy) is 1. The van der Waals surface area contributed by atoms with Gasteiger partial charge in [0.05, 0.1) is 0 Å². The third-order valence-electron chi connectivity index (χ3n) is 3.08. The van der Waals surface area contributed by atoms with E-state index in [1.807, 2.05) is 42.5 Å². The first-order valence-corrected chi connectivity index (χ1v) is 6.32. The van der Waals surface area contributed by atoms with E-state index in [4.69, 9.17) is 10.5 Å². The van der Waals surface area contributed by atoms with Crippen molar-refractivity contribution in [2.75, 3.05) is 5.73 Å². The molecule has 1 aliphatic heterocycles. The van der Waals surface area contributed by atoms with Crippen molar-refractivity contribution < 1.29 is 9.53 Å². The Labute approximate surface area is 116 Å². The fourth-order valence-corrected chi connectivity index (χ4v) is 2.04. The maximum absolute atomic E-state index is 11.9. The molecule has 2 aromatic rings. The number of esters is 1. The van der Waals surface area contributed by atoms with Crippen LogP contribution in [0.2, 0.25) is 0 Å². The van der Waals surface area contributed by atoms with E-state index in [9.17, 15) is 4.79 Å². The number of hydrogen-bond acceptors (Lipinski definition) is 4. The Bertz CT molecular complexity index is 648. The van der Waals surface area contributed by atoms with Gasteiger partial charge in [-0.25, -0.2) is 4.79 Å². The molecule has 0 amide bonds. The highest BCUT2D eigenvalue weighted by molar-refractivity contribution is 5.94. The zero-order chi connectivity index (χ0) is 13.9. The number of nitrogen functional groups attached to an aromatic ring is 1. The summed E-state index contributed by atoms with van der Waals surface area (Å²) in [5, 5.41) is 3.08. The van der Waals surface area contributed by atoms with Crippen LogP contribution in [-0.4, -0.2) is 5.97 Å². The first-order chi connectivity index (χ1) is 9.72. The molecule has 100 valence electrons. The SMILES string of the molecule is Nc1ccc(/C=C2\NC(c3ccccc3)OC2=O)cc1. The van der Waals surface area contributed by atoms with E-state index >= 15 is 0 Å². The van der Waals surface area contributed by atoms with Crippen LogP contribution < -0.4 is 11.1 Å². The monoisotopic (exact) mass is 266 g/mol. The van der Waals surface area contributed by atoms with Crippen LogP contribution in [0.5, 0.6) is 0 Å². The van der Waals surface area contributed by atoms with Gasteiger partial charge >= 0.3 is 5.97 Å². The lowest BCUT2D eigenvalue weighted by molar-refractivity contribution is -0.139. The highest BCUT2D eigenvalue weighted by atomic mass is 16.6. The van der Waals surface area contributed by atoms with Crippen molar-refractivity contribution >= 4 is 17.7 Å². The molecule has 1 heterocycles. The summed E-state index contributed by atoms with van der Waals surface area (Å²) in [7, 11) is 0. The fraction of sp³-hybridized carbons (Fsp3) is 0.0625. The molecule has 4 nitrogen and oxygen atoms in total. The van der Waals surface area contributed by atoms with Crippen molar-refractivity contribution in [3.63, 3.8) is 0 Å². The average Bonchev–Trinajstić information content (AvgIpc) is 2.84. The summed E-state index contributed by atoms with van der Waals surface area (Å²) in [6.45, 7) is 0. The van der Waals surface area contributed by atoms with E-state index in [0.29, 0.717) is 11.4 Å². The second-order valence-corrected chi connectivity index (χ2v) is 4.57. The predicted molar refractivity (Wildman–Crippen MR) is 77.2 cm³/mol. The maximum Gasteiger partial charge on any atom is 0.356 e. The predicted octanol–water partition coefficient (Wildman–Crippen LogP) is 2.45. The molecule has 0 radical (unpaired) electrons. The molecule has 3 N–H and O–H groups in total. The van der Waals surface area contributed by atoms with Gasteiger partial charge in [-0.1, -0.05) is 42.5 Å². The third kappa shape index (κ3) is 2.49. The number of hydrogen-bond donors (Lipinski definition) is 2. The molecular formula is C16H14N2O2.